The van der Waals surface area contributed by atoms with Crippen LogP contribution in [0, 0.1) is 0 Å². The van der Waals surface area contributed by atoms with E-state index in [0.29, 0.717) is 11.3 Å². The van der Waals surface area contributed by atoms with Gasteiger partial charge in [0.05, 0.1) is 7.11 Å². The van der Waals surface area contributed by atoms with Crippen LogP contribution in [0.3, 0.4) is 0 Å². The van der Waals surface area contributed by atoms with Crippen LogP contribution in [-0.4, -0.2) is 22.1 Å². The van der Waals surface area contributed by atoms with Crippen molar-refractivity contribution < 1.29 is 13.7 Å². The number of methoxy groups -OCH3 is 1. The van der Waals surface area contributed by atoms with E-state index in [1.165, 1.54) is 7.11 Å². The standard InChI is InChI=1S/C9H9NO3S/c1-13-7-4-2-6(3-5-7)8(11)9(10)14-12/h2-5H,10H2,1H3. The minimum atomic E-state index is -0.451. The zero-order valence-corrected chi connectivity index (χ0v) is 8.34. The average Bonchev–Trinajstić information content (AvgIpc) is 2.27. The Balaban J connectivity index is 2.98. The third kappa shape index (κ3) is 2.27. The van der Waals surface area contributed by atoms with E-state index < -0.39 is 5.78 Å². The lowest BCUT2D eigenvalue weighted by atomic mass is 10.1. The van der Waals surface area contributed by atoms with Crippen molar-refractivity contribution in [2.45, 2.75) is 0 Å². The molecule has 0 aliphatic heterocycles. The topological polar surface area (TPSA) is 69.4 Å². The lowest BCUT2D eigenvalue weighted by molar-refractivity contribution is 0.106. The predicted molar refractivity (Wildman–Crippen MR) is 54.7 cm³/mol. The summed E-state index contributed by atoms with van der Waals surface area (Å²) in [5.41, 5.74) is 5.59. The van der Waals surface area contributed by atoms with Crippen LogP contribution < -0.4 is 10.5 Å². The molecule has 0 amide bonds. The molecule has 74 valence electrons. The van der Waals surface area contributed by atoms with Gasteiger partial charge in [-0.1, -0.05) is 0 Å². The van der Waals surface area contributed by atoms with Crippen molar-refractivity contribution in [1.29, 1.82) is 0 Å². The highest BCUT2D eigenvalue weighted by molar-refractivity contribution is 7.68. The summed E-state index contributed by atoms with van der Waals surface area (Å²) in [6, 6.07) is 6.39. The molecule has 0 saturated carbocycles. The molecule has 0 radical (unpaired) electrons. The average molecular weight is 211 g/mol. The van der Waals surface area contributed by atoms with Gasteiger partial charge in [0, 0.05) is 5.56 Å². The smallest absolute Gasteiger partial charge is 0.216 e. The number of nitrogens with two attached hydrogens (primary N) is 1. The van der Waals surface area contributed by atoms with Gasteiger partial charge < -0.3 is 4.74 Å². The fourth-order valence-corrected chi connectivity index (χ4v) is 1.12. The Morgan fingerprint density at radius 1 is 1.36 bits per heavy atom. The summed E-state index contributed by atoms with van der Waals surface area (Å²) < 4.78 is 15.2. The van der Waals surface area contributed by atoms with Crippen molar-refractivity contribution in [3.63, 3.8) is 0 Å². The lowest BCUT2D eigenvalue weighted by Crippen LogP contribution is -2.23. The molecule has 5 heteroatoms. The van der Waals surface area contributed by atoms with E-state index in [9.17, 15) is 9.00 Å². The van der Waals surface area contributed by atoms with Gasteiger partial charge in [-0.3, -0.25) is 10.5 Å². The van der Waals surface area contributed by atoms with Crippen LogP contribution in [-0.2, 0) is 11.3 Å². The monoisotopic (exact) mass is 211 g/mol. The Morgan fingerprint density at radius 2 is 1.93 bits per heavy atom. The SMILES string of the molecule is COc1ccc(C(=O)C(N)=S=O)cc1. The number of Topliss-reactive ketones (excluding diaryl/α,β-unsaturated/α-hetero) is 1. The van der Waals surface area contributed by atoms with Crippen LogP contribution in [0.5, 0.6) is 5.75 Å². The molecule has 1 aromatic carbocycles. The van der Waals surface area contributed by atoms with Crippen LogP contribution in [0.15, 0.2) is 24.3 Å². The normalized spacial score (nSPS) is 9.29. The number of hydrogen-bond donors (Lipinski definition) is 1. The minimum Gasteiger partial charge on any atom is -0.497 e. The van der Waals surface area contributed by atoms with Gasteiger partial charge in [-0.2, -0.15) is 0 Å². The van der Waals surface area contributed by atoms with E-state index in [4.69, 9.17) is 10.5 Å². The number of ether oxygens (including phenoxy) is 1. The van der Waals surface area contributed by atoms with Crippen LogP contribution in [0.1, 0.15) is 10.4 Å². The summed E-state index contributed by atoms with van der Waals surface area (Å²) in [7, 11) is 1.53. The molecule has 0 atom stereocenters. The zero-order chi connectivity index (χ0) is 10.6. The number of hydrogen-bond acceptors (Lipinski definition) is 3. The molecule has 0 saturated heterocycles. The van der Waals surface area contributed by atoms with Crippen LogP contribution in [0.4, 0.5) is 0 Å². The summed E-state index contributed by atoms with van der Waals surface area (Å²) in [5.74, 6) is 0.197. The summed E-state index contributed by atoms with van der Waals surface area (Å²) in [6.45, 7) is 0. The molecule has 0 bridgehead atoms. The number of carbonyl (C=O) groups excluding carboxylic acids is 1. The Hall–Kier alpha value is -1.46. The van der Waals surface area contributed by atoms with E-state index in [0.717, 1.165) is 0 Å². The van der Waals surface area contributed by atoms with Crippen molar-refractivity contribution >= 4 is 22.0 Å². The van der Waals surface area contributed by atoms with E-state index in [1.807, 2.05) is 0 Å². The number of ketones is 1. The maximum absolute atomic E-state index is 11.4. The maximum atomic E-state index is 11.4. The van der Waals surface area contributed by atoms with Gasteiger partial charge in [0.15, 0.2) is 4.99 Å². The van der Waals surface area contributed by atoms with Crippen LogP contribution in [0.25, 0.3) is 0 Å². The third-order valence-corrected chi connectivity index (χ3v) is 2.03. The zero-order valence-electron chi connectivity index (χ0n) is 7.52. The van der Waals surface area contributed by atoms with Gasteiger partial charge in [0.2, 0.25) is 5.78 Å². The van der Waals surface area contributed by atoms with E-state index in [2.05, 4.69) is 0 Å². The molecule has 0 unspecified atom stereocenters. The second-order valence-corrected chi connectivity index (χ2v) is 3.11. The molecular weight excluding hydrogens is 202 g/mol. The van der Waals surface area contributed by atoms with Crippen LogP contribution in [0.2, 0.25) is 0 Å². The van der Waals surface area contributed by atoms with Gasteiger partial charge in [-0.15, -0.1) is 0 Å². The Bertz CT molecular complexity index is 393. The largest absolute Gasteiger partial charge is 0.497 e. The first-order valence-corrected chi connectivity index (χ1v) is 4.54. The number of benzene rings is 1. The Kier molecular flexibility index (Phi) is 3.55. The highest BCUT2D eigenvalue weighted by atomic mass is 32.1. The predicted octanol–water partition coefficient (Wildman–Crippen LogP) is 0.179. The highest BCUT2D eigenvalue weighted by Crippen LogP contribution is 2.11. The minimum absolute atomic E-state index is 0.00132. The molecule has 0 aromatic heterocycles. The molecule has 0 spiro atoms. The lowest BCUT2D eigenvalue weighted by Gasteiger charge is -2.00. The van der Waals surface area contributed by atoms with Gasteiger partial charge in [0.25, 0.3) is 0 Å². The first kappa shape index (κ1) is 10.6. The van der Waals surface area contributed by atoms with Crippen molar-refractivity contribution in [2.24, 2.45) is 5.73 Å². The number of rotatable bonds is 3. The van der Waals surface area contributed by atoms with Crippen molar-refractivity contribution in [2.75, 3.05) is 7.11 Å². The summed E-state index contributed by atoms with van der Waals surface area (Å²) in [4.78, 5) is 11.1. The fraction of sp³-hybridized carbons (Fsp3) is 0.111. The molecule has 0 heterocycles. The Labute approximate surface area is 84.8 Å². The molecule has 14 heavy (non-hydrogen) atoms. The number of carbonyl (C=O) groups is 1. The van der Waals surface area contributed by atoms with Crippen molar-refractivity contribution in [1.82, 2.24) is 0 Å². The molecule has 1 aromatic rings. The van der Waals surface area contributed by atoms with E-state index in [1.54, 1.807) is 24.3 Å². The fourth-order valence-electron chi connectivity index (χ4n) is 0.922. The molecule has 1 rings (SSSR count). The first-order chi connectivity index (χ1) is 6.69. The second kappa shape index (κ2) is 4.69. The maximum Gasteiger partial charge on any atom is 0.216 e. The van der Waals surface area contributed by atoms with Gasteiger partial charge >= 0.3 is 0 Å². The molecule has 0 aliphatic rings. The first-order valence-electron chi connectivity index (χ1n) is 3.80. The quantitative estimate of drug-likeness (QED) is 0.572. The van der Waals surface area contributed by atoms with Gasteiger partial charge in [-0.05, 0) is 24.3 Å². The Morgan fingerprint density at radius 3 is 2.36 bits per heavy atom. The summed E-state index contributed by atoms with van der Waals surface area (Å²) in [5, 5.41) is 0. The highest BCUT2D eigenvalue weighted by Gasteiger charge is 2.09. The van der Waals surface area contributed by atoms with Crippen molar-refractivity contribution in [3.8, 4) is 5.75 Å². The van der Waals surface area contributed by atoms with E-state index >= 15 is 0 Å². The summed E-state index contributed by atoms with van der Waals surface area (Å²) >= 11 is 0.00132. The van der Waals surface area contributed by atoms with E-state index in [-0.39, 0.29) is 16.2 Å². The molecule has 4 nitrogen and oxygen atoms in total. The summed E-state index contributed by atoms with van der Waals surface area (Å²) in [6.07, 6.45) is 0. The second-order valence-electron chi connectivity index (χ2n) is 2.51. The molecular formula is C9H9NO3S. The molecule has 2 N–H and O–H groups in total. The van der Waals surface area contributed by atoms with Crippen LogP contribution >= 0.6 is 0 Å². The van der Waals surface area contributed by atoms with Crippen molar-refractivity contribution in [3.05, 3.63) is 29.8 Å². The molecule has 0 fully saturated rings. The molecule has 0 aliphatic carbocycles. The third-order valence-electron chi connectivity index (χ3n) is 1.67. The van der Waals surface area contributed by atoms with Gasteiger partial charge in [0.1, 0.15) is 17.0 Å². The van der Waals surface area contributed by atoms with Gasteiger partial charge in [-0.25, -0.2) is 4.21 Å².